The van der Waals surface area contributed by atoms with E-state index in [9.17, 15) is 22.4 Å². The molecule has 4 nitrogen and oxygen atoms in total. The molecule has 4 rings (SSSR count). The van der Waals surface area contributed by atoms with Gasteiger partial charge in [0.2, 0.25) is 0 Å². The molecule has 0 saturated heterocycles. The number of alkyl halides is 3. The molecule has 1 saturated carbocycles. The van der Waals surface area contributed by atoms with Gasteiger partial charge in [0.1, 0.15) is 22.8 Å². The van der Waals surface area contributed by atoms with E-state index in [0.717, 1.165) is 35.9 Å². The van der Waals surface area contributed by atoms with Crippen molar-refractivity contribution < 1.29 is 28.5 Å². The molecule has 2 aromatic carbocycles. The predicted octanol–water partition coefficient (Wildman–Crippen LogP) is 11.2. The van der Waals surface area contributed by atoms with E-state index in [4.69, 9.17) is 4.74 Å². The lowest BCUT2D eigenvalue weighted by atomic mass is 9.98. The average molecular weight is 643 g/mol. The summed E-state index contributed by atoms with van der Waals surface area (Å²) in [5, 5.41) is 0. The van der Waals surface area contributed by atoms with Crippen LogP contribution in [-0.4, -0.2) is 29.0 Å². The Bertz CT molecular complexity index is 1530. The zero-order valence-corrected chi connectivity index (χ0v) is 28.0. The fourth-order valence-corrected chi connectivity index (χ4v) is 5.48. The summed E-state index contributed by atoms with van der Waals surface area (Å²) in [5.41, 5.74) is 3.35. The number of aryl methyl sites for hydroxylation is 2. The summed E-state index contributed by atoms with van der Waals surface area (Å²) in [6.45, 7) is 12.4. The minimum Gasteiger partial charge on any atom is -0.500 e. The van der Waals surface area contributed by atoms with Gasteiger partial charge in [-0.15, -0.1) is 0 Å². The van der Waals surface area contributed by atoms with E-state index in [2.05, 4.69) is 50.3 Å². The summed E-state index contributed by atoms with van der Waals surface area (Å²) < 4.78 is 60.3. The fraction of sp³-hybridized carbons (Fsp3) is 0.500. The predicted molar refractivity (Wildman–Crippen MR) is 180 cm³/mol. The number of rotatable bonds is 15. The van der Waals surface area contributed by atoms with Crippen LogP contribution >= 0.6 is 0 Å². The van der Waals surface area contributed by atoms with Crippen LogP contribution in [0.4, 0.5) is 17.6 Å². The van der Waals surface area contributed by atoms with Crippen LogP contribution in [0.2, 0.25) is 0 Å². The highest BCUT2D eigenvalue weighted by atomic mass is 19.4. The second-order valence-corrected chi connectivity index (χ2v) is 12.3. The molecule has 0 atom stereocenters. The molecule has 1 heterocycles. The monoisotopic (exact) mass is 642 g/mol. The van der Waals surface area contributed by atoms with Crippen molar-refractivity contribution in [3.8, 4) is 11.3 Å². The smallest absolute Gasteiger partial charge is 0.401 e. The normalized spacial score (nSPS) is 14.1. The molecule has 3 aromatic rings. The van der Waals surface area contributed by atoms with E-state index in [1.54, 1.807) is 12.3 Å². The van der Waals surface area contributed by atoms with Crippen molar-refractivity contribution >= 4 is 16.8 Å². The number of unbranched alkanes of at least 4 members (excludes halogenated alkanes) is 5. The number of aromatic nitrogens is 2. The molecule has 252 valence electrons. The van der Waals surface area contributed by atoms with Crippen LogP contribution in [0.1, 0.15) is 103 Å². The Morgan fingerprint density at radius 2 is 1.65 bits per heavy atom. The zero-order chi connectivity index (χ0) is 33.9. The molecule has 46 heavy (non-hydrogen) atoms. The van der Waals surface area contributed by atoms with Gasteiger partial charge < -0.3 is 4.74 Å². The van der Waals surface area contributed by atoms with E-state index in [1.807, 2.05) is 6.07 Å². The Kier molecular flexibility index (Phi) is 13.5. The van der Waals surface area contributed by atoms with Crippen molar-refractivity contribution in [2.75, 3.05) is 7.11 Å². The average Bonchev–Trinajstić information content (AvgIpc) is 3.83. The van der Waals surface area contributed by atoms with Gasteiger partial charge in [0, 0.05) is 19.8 Å². The first-order valence-electron chi connectivity index (χ1n) is 16.5. The number of methoxy groups -OCH3 is 1. The lowest BCUT2D eigenvalue weighted by molar-refractivity contribution is -0.184. The number of ether oxygens (including phenoxy) is 1. The van der Waals surface area contributed by atoms with Crippen LogP contribution in [0.5, 0.6) is 0 Å². The van der Waals surface area contributed by atoms with E-state index in [0.29, 0.717) is 11.3 Å². The van der Waals surface area contributed by atoms with Crippen molar-refractivity contribution in [2.45, 2.75) is 111 Å². The molecule has 1 aliphatic rings. The number of Topliss-reactive ketones (excluding diaryl/α,β-unsaturated/α-hetero) is 1. The van der Waals surface area contributed by atoms with Gasteiger partial charge in [0.15, 0.2) is 0 Å². The van der Waals surface area contributed by atoms with Gasteiger partial charge in [0.05, 0.1) is 30.0 Å². The SMILES string of the molecule is C=C(/C=C(\OC)C1(C(F)(F)F)CC1)CC(=O)Cc1ccc(-c2cnc3cc(CCCCC)c(C)cc3n2)cc1F.CCCCCC.[HH]. The van der Waals surface area contributed by atoms with E-state index in [-0.39, 0.29) is 49.8 Å². The first-order valence-corrected chi connectivity index (χ1v) is 16.5. The Balaban J connectivity index is 0.00000100. The van der Waals surface area contributed by atoms with Crippen LogP contribution in [0.15, 0.2) is 60.5 Å². The third-order valence-corrected chi connectivity index (χ3v) is 8.49. The van der Waals surface area contributed by atoms with Gasteiger partial charge in [0.25, 0.3) is 0 Å². The fourth-order valence-electron chi connectivity index (χ4n) is 5.48. The number of hydrogen-bond acceptors (Lipinski definition) is 4. The summed E-state index contributed by atoms with van der Waals surface area (Å²) in [7, 11) is 1.18. The van der Waals surface area contributed by atoms with Crippen molar-refractivity contribution in [3.63, 3.8) is 0 Å². The van der Waals surface area contributed by atoms with Crippen molar-refractivity contribution in [1.29, 1.82) is 0 Å². The largest absolute Gasteiger partial charge is 0.500 e. The zero-order valence-electron chi connectivity index (χ0n) is 28.0. The van der Waals surface area contributed by atoms with Gasteiger partial charge in [-0.05, 0) is 79.1 Å². The highest BCUT2D eigenvalue weighted by Gasteiger charge is 2.66. The minimum atomic E-state index is -4.44. The summed E-state index contributed by atoms with van der Waals surface area (Å²) in [4.78, 5) is 21.8. The summed E-state index contributed by atoms with van der Waals surface area (Å²) in [6.07, 6.45) is 7.82. The lowest BCUT2D eigenvalue weighted by Gasteiger charge is -2.21. The Morgan fingerprint density at radius 3 is 2.22 bits per heavy atom. The maximum atomic E-state index is 15.0. The Labute approximate surface area is 272 Å². The van der Waals surface area contributed by atoms with E-state index in [1.165, 1.54) is 63.0 Å². The molecule has 1 fully saturated rings. The molecule has 8 heteroatoms. The third-order valence-electron chi connectivity index (χ3n) is 8.49. The quantitative estimate of drug-likeness (QED) is 0.0716. The number of carbonyl (C=O) groups is 1. The molecule has 0 amide bonds. The highest BCUT2D eigenvalue weighted by molar-refractivity contribution is 5.84. The molecule has 0 unspecified atom stereocenters. The summed E-state index contributed by atoms with van der Waals surface area (Å²) in [5.74, 6) is -1.17. The number of benzene rings is 2. The van der Waals surface area contributed by atoms with Gasteiger partial charge in [-0.1, -0.05) is 78.0 Å². The molecule has 0 bridgehead atoms. The van der Waals surface area contributed by atoms with E-state index < -0.39 is 17.4 Å². The molecular formula is C38H50F4N2O2. The van der Waals surface area contributed by atoms with Crippen LogP contribution in [0.3, 0.4) is 0 Å². The van der Waals surface area contributed by atoms with Crippen LogP contribution < -0.4 is 0 Å². The topological polar surface area (TPSA) is 52.1 Å². The van der Waals surface area contributed by atoms with Crippen LogP contribution in [-0.2, 0) is 22.4 Å². The first-order chi connectivity index (χ1) is 21.9. The standard InChI is InChI=1S/C32H34F4N2O2.C6H14.H2/c1-5-6-7-8-22-18-27-28(15-21(22)3)38-29(19-37-27)24-10-9-23(26(33)17-24)16-25(39)13-20(2)14-30(40-4)31(11-12-31)32(34,35)36;1-3-5-6-4-2;/h9-10,14-15,17-19H,2,5-8,11-13,16H2,1,3-4H3;3-6H2,1-2H3;1H/b30-14-;;. The molecule has 0 radical (unpaired) electrons. The lowest BCUT2D eigenvalue weighted by Crippen LogP contribution is -2.27. The van der Waals surface area contributed by atoms with Gasteiger partial charge in [-0.25, -0.2) is 9.37 Å². The molecule has 0 spiro atoms. The number of fused-ring (bicyclic) bond motifs is 1. The third kappa shape index (κ3) is 9.73. The van der Waals surface area contributed by atoms with E-state index >= 15 is 0 Å². The number of ketones is 1. The van der Waals surface area contributed by atoms with Gasteiger partial charge in [-0.2, -0.15) is 13.2 Å². The molecule has 0 N–H and O–H groups in total. The van der Waals surface area contributed by atoms with Crippen molar-refractivity contribution in [1.82, 2.24) is 9.97 Å². The second-order valence-electron chi connectivity index (χ2n) is 12.3. The number of hydrogen-bond donors (Lipinski definition) is 0. The Hall–Kier alpha value is -3.55. The second kappa shape index (κ2) is 16.8. The van der Waals surface area contributed by atoms with Crippen molar-refractivity contribution in [2.24, 2.45) is 5.41 Å². The number of carbonyl (C=O) groups excluding carboxylic acids is 1. The van der Waals surface area contributed by atoms with Crippen molar-refractivity contribution in [3.05, 3.63) is 83.0 Å². The number of nitrogens with zero attached hydrogens (tertiary/aromatic N) is 2. The van der Waals surface area contributed by atoms with Gasteiger partial charge >= 0.3 is 6.18 Å². The molecule has 1 aliphatic carbocycles. The maximum absolute atomic E-state index is 15.0. The molecule has 0 aliphatic heterocycles. The minimum absolute atomic E-state index is 0. The highest BCUT2D eigenvalue weighted by Crippen LogP contribution is 2.62. The first kappa shape index (κ1) is 36.9. The molecule has 1 aromatic heterocycles. The Morgan fingerprint density at radius 1 is 1.00 bits per heavy atom. The maximum Gasteiger partial charge on any atom is 0.401 e. The summed E-state index contributed by atoms with van der Waals surface area (Å²) >= 11 is 0. The van der Waals surface area contributed by atoms with Crippen LogP contribution in [0.25, 0.3) is 22.3 Å². The number of allylic oxidation sites excluding steroid dienone is 3. The summed E-state index contributed by atoms with van der Waals surface area (Å²) in [6, 6.07) is 8.61. The molecular weight excluding hydrogens is 592 g/mol. The van der Waals surface area contributed by atoms with Gasteiger partial charge in [-0.3, -0.25) is 9.78 Å². The van der Waals surface area contributed by atoms with Crippen LogP contribution in [0, 0.1) is 18.2 Å². The number of halogens is 4.